The van der Waals surface area contributed by atoms with Gasteiger partial charge in [0, 0.05) is 0 Å². The van der Waals surface area contributed by atoms with Crippen molar-refractivity contribution in [3.05, 3.63) is 34.9 Å². The van der Waals surface area contributed by atoms with Crippen LogP contribution in [0.3, 0.4) is 0 Å². The summed E-state index contributed by atoms with van der Waals surface area (Å²) in [5.41, 5.74) is 3.34. The van der Waals surface area contributed by atoms with Gasteiger partial charge in [0.1, 0.15) is 10.1 Å². The Bertz CT molecular complexity index is 557. The van der Waals surface area contributed by atoms with Crippen LogP contribution in [0, 0.1) is 5.92 Å². The molecule has 3 nitrogen and oxygen atoms in total. The minimum absolute atomic E-state index is 0. The molecule has 98 valence electrons. The van der Waals surface area contributed by atoms with Gasteiger partial charge in [-0.15, -0.1) is 0 Å². The number of allylic oxidation sites excluding steroid dienone is 5. The second kappa shape index (κ2) is 5.86. The molecule has 0 saturated heterocycles. The van der Waals surface area contributed by atoms with Crippen LogP contribution in [0.4, 0.5) is 0 Å². The molecule has 1 fully saturated rings. The van der Waals surface area contributed by atoms with Gasteiger partial charge in [0.2, 0.25) is 0 Å². The Balaban J connectivity index is 0.00000133. The number of fused-ring (bicyclic) bond motifs is 2. The van der Waals surface area contributed by atoms with Crippen LogP contribution in [0.15, 0.2) is 34.9 Å². The standard InChI is InChI=1S/C14H18O3S.Na/c15-18(16,17)14-7-3-6-12-8-10-4-1-2-5-11(10)9-13(12)14;/h5,8-9,12,14H,1-4,6-7H2,(H,15,16,17);/q;+1/p-1. The molecule has 0 spiro atoms. The van der Waals surface area contributed by atoms with E-state index >= 15 is 0 Å². The van der Waals surface area contributed by atoms with Crippen molar-refractivity contribution < 1.29 is 42.5 Å². The van der Waals surface area contributed by atoms with Crippen molar-refractivity contribution >= 4 is 10.1 Å². The molecule has 0 aromatic heterocycles. The van der Waals surface area contributed by atoms with Gasteiger partial charge in [0.05, 0.1) is 5.25 Å². The Labute approximate surface area is 136 Å². The molecule has 3 aliphatic carbocycles. The number of hydrogen-bond donors (Lipinski definition) is 0. The first-order chi connectivity index (χ1) is 8.55. The smallest absolute Gasteiger partial charge is 0.747 e. The first-order valence-corrected chi connectivity index (χ1v) is 8.10. The zero-order chi connectivity index (χ0) is 12.8. The fraction of sp³-hybridized carbons (Fsp3) is 0.571. The monoisotopic (exact) mass is 288 g/mol. The van der Waals surface area contributed by atoms with Crippen molar-refractivity contribution in [1.29, 1.82) is 0 Å². The molecule has 3 aliphatic rings. The molecule has 1 saturated carbocycles. The van der Waals surface area contributed by atoms with Crippen LogP contribution >= 0.6 is 0 Å². The molecule has 3 rings (SSSR count). The van der Waals surface area contributed by atoms with E-state index in [1.807, 2.05) is 6.08 Å². The summed E-state index contributed by atoms with van der Waals surface area (Å²) in [5, 5.41) is -0.795. The minimum Gasteiger partial charge on any atom is -0.747 e. The first kappa shape index (κ1) is 15.5. The van der Waals surface area contributed by atoms with Crippen molar-refractivity contribution in [2.24, 2.45) is 5.92 Å². The summed E-state index contributed by atoms with van der Waals surface area (Å²) >= 11 is 0. The Morgan fingerprint density at radius 1 is 1.21 bits per heavy atom. The maximum absolute atomic E-state index is 11.4. The number of rotatable bonds is 1. The molecule has 0 bridgehead atoms. The predicted octanol–water partition coefficient (Wildman–Crippen LogP) is -0.319. The van der Waals surface area contributed by atoms with Crippen molar-refractivity contribution in [2.75, 3.05) is 0 Å². The number of hydrogen-bond acceptors (Lipinski definition) is 3. The Morgan fingerprint density at radius 2 is 2.00 bits per heavy atom. The van der Waals surface area contributed by atoms with Gasteiger partial charge in [-0.2, -0.15) is 0 Å². The molecule has 0 radical (unpaired) electrons. The molecule has 19 heavy (non-hydrogen) atoms. The van der Waals surface area contributed by atoms with E-state index < -0.39 is 15.4 Å². The van der Waals surface area contributed by atoms with Crippen molar-refractivity contribution in [3.8, 4) is 0 Å². The van der Waals surface area contributed by atoms with Crippen molar-refractivity contribution in [3.63, 3.8) is 0 Å². The average molecular weight is 288 g/mol. The van der Waals surface area contributed by atoms with Crippen LogP contribution in [0.5, 0.6) is 0 Å². The topological polar surface area (TPSA) is 57.2 Å². The van der Waals surface area contributed by atoms with Crippen LogP contribution in [0.25, 0.3) is 0 Å². The molecular weight excluding hydrogens is 271 g/mol. The normalized spacial score (nSPS) is 30.1. The molecular formula is C14H17NaO3S. The minimum atomic E-state index is -4.21. The molecule has 0 amide bonds. The molecule has 5 heteroatoms. The van der Waals surface area contributed by atoms with Gasteiger partial charge >= 0.3 is 29.6 Å². The molecule has 2 unspecified atom stereocenters. The summed E-state index contributed by atoms with van der Waals surface area (Å²) in [5.74, 6) is 0.178. The maximum atomic E-state index is 11.4. The van der Waals surface area contributed by atoms with Crippen LogP contribution in [-0.2, 0) is 10.1 Å². The Hall–Kier alpha value is 0.130. The fourth-order valence-electron chi connectivity index (χ4n) is 3.36. The maximum Gasteiger partial charge on any atom is 1.00 e. The fourth-order valence-corrected chi connectivity index (χ4v) is 4.40. The third kappa shape index (κ3) is 3.08. The van der Waals surface area contributed by atoms with E-state index in [2.05, 4.69) is 12.2 Å². The third-order valence-corrected chi connectivity index (χ3v) is 5.44. The third-order valence-electron chi connectivity index (χ3n) is 4.24. The molecule has 0 aliphatic heterocycles. The van der Waals surface area contributed by atoms with Gasteiger partial charge in [0.15, 0.2) is 0 Å². The van der Waals surface area contributed by atoms with Gasteiger partial charge in [-0.1, -0.05) is 24.6 Å². The van der Waals surface area contributed by atoms with E-state index in [4.69, 9.17) is 0 Å². The predicted molar refractivity (Wildman–Crippen MR) is 68.9 cm³/mol. The van der Waals surface area contributed by atoms with E-state index in [0.717, 1.165) is 36.8 Å². The van der Waals surface area contributed by atoms with Crippen LogP contribution in [0.2, 0.25) is 0 Å². The summed E-state index contributed by atoms with van der Waals surface area (Å²) in [6, 6.07) is 0. The van der Waals surface area contributed by atoms with Gasteiger partial charge in [-0.25, -0.2) is 8.42 Å². The molecule has 0 heterocycles. The second-order valence-corrected chi connectivity index (χ2v) is 6.96. The van der Waals surface area contributed by atoms with E-state index in [1.54, 1.807) is 0 Å². The summed E-state index contributed by atoms with van der Waals surface area (Å²) in [6.45, 7) is 0. The van der Waals surface area contributed by atoms with E-state index in [-0.39, 0.29) is 35.5 Å². The second-order valence-electron chi connectivity index (χ2n) is 5.41. The molecule has 0 aromatic rings. The summed E-state index contributed by atoms with van der Waals surface area (Å²) in [7, 11) is -4.21. The summed E-state index contributed by atoms with van der Waals surface area (Å²) in [4.78, 5) is 0. The Morgan fingerprint density at radius 3 is 2.74 bits per heavy atom. The van der Waals surface area contributed by atoms with Gasteiger partial charge in [0.25, 0.3) is 0 Å². The molecule has 0 N–H and O–H groups in total. The largest absolute Gasteiger partial charge is 1.00 e. The zero-order valence-electron chi connectivity index (χ0n) is 11.3. The van der Waals surface area contributed by atoms with Crippen LogP contribution < -0.4 is 29.6 Å². The molecule has 2 atom stereocenters. The van der Waals surface area contributed by atoms with Crippen LogP contribution in [-0.4, -0.2) is 18.2 Å². The van der Waals surface area contributed by atoms with Crippen molar-refractivity contribution in [1.82, 2.24) is 0 Å². The summed E-state index contributed by atoms with van der Waals surface area (Å²) < 4.78 is 34.1. The molecule has 0 aromatic carbocycles. The van der Waals surface area contributed by atoms with E-state index in [0.29, 0.717) is 6.42 Å². The van der Waals surface area contributed by atoms with Gasteiger partial charge in [-0.05, 0) is 54.7 Å². The van der Waals surface area contributed by atoms with E-state index in [9.17, 15) is 13.0 Å². The quantitative estimate of drug-likeness (QED) is 0.491. The van der Waals surface area contributed by atoms with Crippen molar-refractivity contribution in [2.45, 2.75) is 43.8 Å². The zero-order valence-corrected chi connectivity index (χ0v) is 14.1. The van der Waals surface area contributed by atoms with Gasteiger partial charge in [-0.3, -0.25) is 0 Å². The SMILES string of the molecule is O=S(=O)([O-])C1CCCC2C=C3CCCC=C3C=C21.[Na+]. The van der Waals surface area contributed by atoms with Gasteiger partial charge < -0.3 is 4.55 Å². The first-order valence-electron chi connectivity index (χ1n) is 6.63. The van der Waals surface area contributed by atoms with Crippen LogP contribution in [0.1, 0.15) is 38.5 Å². The Kier molecular flexibility index (Phi) is 4.79. The average Bonchev–Trinajstić information content (AvgIpc) is 2.34. The summed E-state index contributed by atoms with van der Waals surface area (Å²) in [6.07, 6.45) is 12.0. The van der Waals surface area contributed by atoms with E-state index in [1.165, 1.54) is 12.0 Å².